The van der Waals surface area contributed by atoms with Crippen LogP contribution in [0.2, 0.25) is 0 Å². The number of nitrogens with zero attached hydrogens (tertiary/aromatic N) is 1. The van der Waals surface area contributed by atoms with E-state index in [2.05, 4.69) is 5.32 Å². The van der Waals surface area contributed by atoms with Crippen molar-refractivity contribution < 1.29 is 13.2 Å². The van der Waals surface area contributed by atoms with Gasteiger partial charge in [-0.3, -0.25) is 0 Å². The van der Waals surface area contributed by atoms with Crippen LogP contribution in [0.1, 0.15) is 25.7 Å². The summed E-state index contributed by atoms with van der Waals surface area (Å²) in [5, 5.41) is 3.38. The molecule has 0 bridgehead atoms. The van der Waals surface area contributed by atoms with Crippen molar-refractivity contribution in [3.8, 4) is 0 Å². The van der Waals surface area contributed by atoms with Gasteiger partial charge in [-0.05, 0) is 38.1 Å². The molecule has 2 fully saturated rings. The van der Waals surface area contributed by atoms with Gasteiger partial charge in [-0.25, -0.2) is 4.90 Å². The lowest BCUT2D eigenvalue weighted by atomic mass is 9.97. The zero-order valence-electron chi connectivity index (χ0n) is 8.69. The molecule has 1 heterocycles. The maximum atomic E-state index is 12.3. The normalized spacial score (nSPS) is 25.8. The molecular formula is C10H17F3N2. The second-order valence-corrected chi connectivity index (χ2v) is 4.58. The van der Waals surface area contributed by atoms with Gasteiger partial charge in [0, 0.05) is 19.1 Å². The zero-order chi connectivity index (χ0) is 10.9. The number of nitrogens with one attached hydrogen (secondary N) is 1. The first kappa shape index (κ1) is 11.2. The topological polar surface area (TPSA) is 15.3 Å². The van der Waals surface area contributed by atoms with Crippen LogP contribution in [-0.2, 0) is 0 Å². The van der Waals surface area contributed by atoms with Gasteiger partial charge in [-0.2, -0.15) is 13.2 Å². The summed E-state index contributed by atoms with van der Waals surface area (Å²) in [7, 11) is 0. The molecule has 0 aromatic heterocycles. The molecule has 1 aliphatic heterocycles. The molecule has 0 spiro atoms. The third-order valence-electron chi connectivity index (χ3n) is 3.25. The molecule has 1 aliphatic carbocycles. The Kier molecular flexibility index (Phi) is 3.21. The molecule has 1 saturated carbocycles. The van der Waals surface area contributed by atoms with Crippen molar-refractivity contribution in [3.05, 3.63) is 0 Å². The third-order valence-corrected chi connectivity index (χ3v) is 3.25. The fourth-order valence-corrected chi connectivity index (χ4v) is 2.01. The fraction of sp³-hybridized carbons (Fsp3) is 1.00. The Morgan fingerprint density at radius 2 is 1.67 bits per heavy atom. The number of rotatable bonds is 3. The van der Waals surface area contributed by atoms with Crippen molar-refractivity contribution in [3.63, 3.8) is 0 Å². The van der Waals surface area contributed by atoms with Gasteiger partial charge in [0.1, 0.15) is 0 Å². The predicted molar refractivity (Wildman–Crippen MR) is 51.4 cm³/mol. The van der Waals surface area contributed by atoms with Gasteiger partial charge in [0.25, 0.3) is 0 Å². The first-order valence-electron chi connectivity index (χ1n) is 5.61. The SMILES string of the molecule is FC(F)(F)N1CCC(CNC2CC2)CC1. The van der Waals surface area contributed by atoms with Crippen LogP contribution in [0.5, 0.6) is 0 Å². The third kappa shape index (κ3) is 3.34. The van der Waals surface area contributed by atoms with Crippen molar-refractivity contribution in [1.29, 1.82) is 0 Å². The summed E-state index contributed by atoms with van der Waals surface area (Å²) >= 11 is 0. The molecule has 5 heteroatoms. The number of hydrogen-bond acceptors (Lipinski definition) is 2. The average Bonchev–Trinajstić information content (AvgIpc) is 2.97. The lowest BCUT2D eigenvalue weighted by Gasteiger charge is -2.33. The summed E-state index contributed by atoms with van der Waals surface area (Å²) in [4.78, 5) is 0.626. The molecule has 1 saturated heterocycles. The molecule has 1 N–H and O–H groups in total. The summed E-state index contributed by atoms with van der Waals surface area (Å²) in [5.74, 6) is 0.434. The van der Waals surface area contributed by atoms with Crippen LogP contribution in [0.25, 0.3) is 0 Å². The van der Waals surface area contributed by atoms with E-state index >= 15 is 0 Å². The van der Waals surface area contributed by atoms with Gasteiger partial charge in [0.05, 0.1) is 0 Å². The number of hydrogen-bond donors (Lipinski definition) is 1. The van der Waals surface area contributed by atoms with Gasteiger partial charge in [0.2, 0.25) is 0 Å². The summed E-state index contributed by atoms with van der Waals surface area (Å²) in [6.45, 7) is 1.23. The van der Waals surface area contributed by atoms with Gasteiger partial charge in [-0.15, -0.1) is 0 Å². The van der Waals surface area contributed by atoms with Crippen molar-refractivity contribution in [2.75, 3.05) is 19.6 Å². The molecule has 15 heavy (non-hydrogen) atoms. The van der Waals surface area contributed by atoms with E-state index in [1.54, 1.807) is 0 Å². The molecule has 0 unspecified atom stereocenters. The maximum Gasteiger partial charge on any atom is 0.459 e. The molecule has 0 aromatic rings. The molecule has 2 rings (SSSR count). The highest BCUT2D eigenvalue weighted by molar-refractivity contribution is 4.83. The second-order valence-electron chi connectivity index (χ2n) is 4.58. The van der Waals surface area contributed by atoms with E-state index in [1.165, 1.54) is 12.8 Å². The van der Waals surface area contributed by atoms with Crippen molar-refractivity contribution in [2.45, 2.75) is 38.0 Å². The van der Waals surface area contributed by atoms with Crippen molar-refractivity contribution in [2.24, 2.45) is 5.92 Å². The highest BCUT2D eigenvalue weighted by Crippen LogP contribution is 2.28. The predicted octanol–water partition coefficient (Wildman–Crippen LogP) is 1.97. The zero-order valence-corrected chi connectivity index (χ0v) is 8.69. The van der Waals surface area contributed by atoms with E-state index in [0.717, 1.165) is 6.54 Å². The maximum absolute atomic E-state index is 12.3. The average molecular weight is 222 g/mol. The summed E-state index contributed by atoms with van der Waals surface area (Å²) in [5.41, 5.74) is 0. The quantitative estimate of drug-likeness (QED) is 0.734. The van der Waals surface area contributed by atoms with Crippen LogP contribution in [0.3, 0.4) is 0 Å². The first-order chi connectivity index (χ1) is 7.05. The van der Waals surface area contributed by atoms with Crippen LogP contribution in [-0.4, -0.2) is 36.9 Å². The second kappa shape index (κ2) is 4.29. The fourth-order valence-electron chi connectivity index (χ4n) is 2.01. The van der Waals surface area contributed by atoms with Gasteiger partial charge in [0.15, 0.2) is 0 Å². The lowest BCUT2D eigenvalue weighted by Crippen LogP contribution is -2.45. The van der Waals surface area contributed by atoms with Crippen molar-refractivity contribution in [1.82, 2.24) is 10.2 Å². The highest BCUT2D eigenvalue weighted by atomic mass is 19.4. The number of alkyl halides is 3. The summed E-state index contributed by atoms with van der Waals surface area (Å²) < 4.78 is 36.9. The monoisotopic (exact) mass is 222 g/mol. The molecular weight excluding hydrogens is 205 g/mol. The smallest absolute Gasteiger partial charge is 0.314 e. The van der Waals surface area contributed by atoms with E-state index < -0.39 is 6.30 Å². The molecule has 2 nitrogen and oxygen atoms in total. The van der Waals surface area contributed by atoms with Crippen molar-refractivity contribution >= 4 is 0 Å². The lowest BCUT2D eigenvalue weighted by molar-refractivity contribution is -0.251. The molecule has 0 amide bonds. The van der Waals surface area contributed by atoms with Crippen LogP contribution in [0.4, 0.5) is 13.2 Å². The molecule has 0 aromatic carbocycles. The van der Waals surface area contributed by atoms with E-state index in [-0.39, 0.29) is 13.1 Å². The first-order valence-corrected chi connectivity index (χ1v) is 5.61. The number of halogens is 3. The minimum atomic E-state index is -4.13. The molecule has 0 atom stereocenters. The Morgan fingerprint density at radius 1 is 1.07 bits per heavy atom. The Bertz CT molecular complexity index is 205. The Labute approximate surface area is 87.8 Å². The van der Waals surface area contributed by atoms with Crippen LogP contribution >= 0.6 is 0 Å². The molecule has 88 valence electrons. The van der Waals surface area contributed by atoms with E-state index in [0.29, 0.717) is 29.7 Å². The van der Waals surface area contributed by atoms with Crippen LogP contribution in [0.15, 0.2) is 0 Å². The van der Waals surface area contributed by atoms with E-state index in [1.807, 2.05) is 0 Å². The minimum absolute atomic E-state index is 0.167. The Morgan fingerprint density at radius 3 is 2.13 bits per heavy atom. The van der Waals surface area contributed by atoms with E-state index in [9.17, 15) is 13.2 Å². The molecule has 0 radical (unpaired) electrons. The van der Waals surface area contributed by atoms with E-state index in [4.69, 9.17) is 0 Å². The van der Waals surface area contributed by atoms with Gasteiger partial charge < -0.3 is 5.32 Å². The highest BCUT2D eigenvalue weighted by Gasteiger charge is 2.39. The largest absolute Gasteiger partial charge is 0.459 e. The summed E-state index contributed by atoms with van der Waals surface area (Å²) in [6.07, 6.45) is -0.323. The Balaban J connectivity index is 1.67. The molecule has 2 aliphatic rings. The summed E-state index contributed by atoms with van der Waals surface area (Å²) in [6, 6.07) is 0.658. The number of likely N-dealkylation sites (tertiary alicyclic amines) is 1. The van der Waals surface area contributed by atoms with Crippen LogP contribution in [0, 0.1) is 5.92 Å². The minimum Gasteiger partial charge on any atom is -0.314 e. The number of piperidine rings is 1. The van der Waals surface area contributed by atoms with Crippen LogP contribution < -0.4 is 5.32 Å². The van der Waals surface area contributed by atoms with Gasteiger partial charge in [-0.1, -0.05) is 0 Å². The Hall–Kier alpha value is -0.290. The standard InChI is InChI=1S/C10H17F3N2/c11-10(12,13)15-5-3-8(4-6-15)7-14-9-1-2-9/h8-9,14H,1-7H2. The van der Waals surface area contributed by atoms with Gasteiger partial charge >= 0.3 is 6.30 Å².